The van der Waals surface area contributed by atoms with Crippen LogP contribution in [0.15, 0.2) is 48.7 Å². The van der Waals surface area contributed by atoms with Gasteiger partial charge in [0, 0.05) is 5.56 Å². The Hall–Kier alpha value is -2.82. The molecule has 0 aliphatic heterocycles. The van der Waals surface area contributed by atoms with Gasteiger partial charge in [0.25, 0.3) is 0 Å². The van der Waals surface area contributed by atoms with Crippen molar-refractivity contribution in [2.75, 3.05) is 14.2 Å². The molecule has 112 valence electrons. The first-order chi connectivity index (χ1) is 10.7. The minimum absolute atomic E-state index is 0.799. The summed E-state index contributed by atoms with van der Waals surface area (Å²) in [7, 11) is 3.31. The van der Waals surface area contributed by atoms with Crippen LogP contribution in [0, 0.1) is 6.92 Å². The highest BCUT2D eigenvalue weighted by atomic mass is 16.5. The van der Waals surface area contributed by atoms with Crippen molar-refractivity contribution < 1.29 is 9.47 Å². The number of aryl methyl sites for hydroxylation is 1. The van der Waals surface area contributed by atoms with Gasteiger partial charge in [-0.05, 0) is 42.8 Å². The Labute approximate surface area is 129 Å². The summed E-state index contributed by atoms with van der Waals surface area (Å²) in [5.41, 5.74) is 3.81. The Balaban J connectivity index is 1.96. The maximum Gasteiger partial charge on any atom is 0.119 e. The molecule has 3 rings (SSSR count). The van der Waals surface area contributed by atoms with Gasteiger partial charge in [-0.25, -0.2) is 4.68 Å². The summed E-state index contributed by atoms with van der Waals surface area (Å²) in [6.45, 7) is 2.02. The van der Waals surface area contributed by atoms with E-state index in [0.717, 1.165) is 34.0 Å². The van der Waals surface area contributed by atoms with Crippen LogP contribution in [-0.2, 0) is 0 Å². The smallest absolute Gasteiger partial charge is 0.119 e. The predicted octanol–water partition coefficient (Wildman–Crippen LogP) is 3.26. The lowest BCUT2D eigenvalue weighted by Gasteiger charge is -2.07. The first kappa shape index (κ1) is 14.1. The zero-order chi connectivity index (χ0) is 15.5. The van der Waals surface area contributed by atoms with Crippen LogP contribution >= 0.6 is 0 Å². The van der Waals surface area contributed by atoms with Crippen LogP contribution < -0.4 is 9.47 Å². The number of aromatic nitrogens is 3. The minimum Gasteiger partial charge on any atom is -0.497 e. The second-order valence-corrected chi connectivity index (χ2v) is 4.93. The molecule has 0 atom stereocenters. The first-order valence-electron chi connectivity index (χ1n) is 6.93. The van der Waals surface area contributed by atoms with Gasteiger partial charge < -0.3 is 9.47 Å². The van der Waals surface area contributed by atoms with E-state index < -0.39 is 0 Å². The molecule has 22 heavy (non-hydrogen) atoms. The number of nitrogens with zero attached hydrogens (tertiary/aromatic N) is 3. The monoisotopic (exact) mass is 295 g/mol. The Morgan fingerprint density at radius 2 is 1.73 bits per heavy atom. The number of hydrogen-bond donors (Lipinski definition) is 0. The van der Waals surface area contributed by atoms with E-state index >= 15 is 0 Å². The van der Waals surface area contributed by atoms with Crippen LogP contribution in [-0.4, -0.2) is 29.2 Å². The normalized spacial score (nSPS) is 10.5. The van der Waals surface area contributed by atoms with E-state index in [9.17, 15) is 0 Å². The lowest BCUT2D eigenvalue weighted by atomic mass is 10.1. The summed E-state index contributed by atoms with van der Waals surface area (Å²) in [6.07, 6.45) is 1.91. The van der Waals surface area contributed by atoms with Crippen molar-refractivity contribution in [3.8, 4) is 28.4 Å². The minimum atomic E-state index is 0.799. The second-order valence-electron chi connectivity index (χ2n) is 4.93. The molecule has 0 saturated heterocycles. The maximum atomic E-state index is 5.24. The summed E-state index contributed by atoms with van der Waals surface area (Å²) in [5, 5.41) is 8.47. The van der Waals surface area contributed by atoms with E-state index in [0.29, 0.717) is 0 Å². The molecule has 0 radical (unpaired) electrons. The Bertz CT molecular complexity index is 796. The van der Waals surface area contributed by atoms with Crippen molar-refractivity contribution in [1.29, 1.82) is 0 Å². The van der Waals surface area contributed by atoms with Crippen LogP contribution in [0.4, 0.5) is 0 Å². The van der Waals surface area contributed by atoms with Gasteiger partial charge in [0.1, 0.15) is 17.2 Å². The Kier molecular flexibility index (Phi) is 3.78. The molecule has 1 heterocycles. The maximum absolute atomic E-state index is 5.24. The molecule has 2 aromatic carbocycles. The number of methoxy groups -OCH3 is 2. The fourth-order valence-corrected chi connectivity index (χ4v) is 2.31. The first-order valence-corrected chi connectivity index (χ1v) is 6.93. The topological polar surface area (TPSA) is 49.2 Å². The molecular weight excluding hydrogens is 278 g/mol. The average Bonchev–Trinajstić information content (AvgIpc) is 3.04. The molecule has 1 aromatic heterocycles. The molecule has 0 bridgehead atoms. The van der Waals surface area contributed by atoms with Crippen molar-refractivity contribution in [2.24, 2.45) is 0 Å². The molecule has 5 heteroatoms. The van der Waals surface area contributed by atoms with Gasteiger partial charge in [0.05, 0.1) is 26.1 Å². The van der Waals surface area contributed by atoms with Gasteiger partial charge in [0.15, 0.2) is 0 Å². The van der Waals surface area contributed by atoms with Gasteiger partial charge in [0.2, 0.25) is 0 Å². The van der Waals surface area contributed by atoms with Crippen molar-refractivity contribution in [1.82, 2.24) is 15.0 Å². The van der Waals surface area contributed by atoms with E-state index in [2.05, 4.69) is 10.3 Å². The standard InChI is InChI=1S/C17H17N3O2/c1-12-9-15(22-3)7-8-17(12)20-11-16(18-19-20)13-5-4-6-14(10-13)21-2/h4-11H,1-3H3. The van der Waals surface area contributed by atoms with Gasteiger partial charge in [-0.1, -0.05) is 17.3 Å². The highest BCUT2D eigenvalue weighted by molar-refractivity contribution is 5.60. The van der Waals surface area contributed by atoms with Crippen LogP contribution in [0.3, 0.4) is 0 Å². The molecule has 0 spiro atoms. The fourth-order valence-electron chi connectivity index (χ4n) is 2.31. The van der Waals surface area contributed by atoms with Crippen molar-refractivity contribution in [3.05, 3.63) is 54.2 Å². The largest absolute Gasteiger partial charge is 0.497 e. The van der Waals surface area contributed by atoms with E-state index in [4.69, 9.17) is 9.47 Å². The molecule has 0 N–H and O–H groups in total. The van der Waals surface area contributed by atoms with E-state index in [1.54, 1.807) is 18.9 Å². The van der Waals surface area contributed by atoms with Crippen molar-refractivity contribution in [3.63, 3.8) is 0 Å². The Morgan fingerprint density at radius 3 is 2.45 bits per heavy atom. The van der Waals surface area contributed by atoms with Gasteiger partial charge in [-0.2, -0.15) is 0 Å². The van der Waals surface area contributed by atoms with E-state index in [1.807, 2.05) is 55.6 Å². The molecule has 3 aromatic rings. The van der Waals surface area contributed by atoms with Crippen LogP contribution in [0.1, 0.15) is 5.56 Å². The third kappa shape index (κ3) is 2.65. The highest BCUT2D eigenvalue weighted by Gasteiger charge is 2.08. The third-order valence-corrected chi connectivity index (χ3v) is 3.51. The van der Waals surface area contributed by atoms with Crippen LogP contribution in [0.25, 0.3) is 16.9 Å². The quantitative estimate of drug-likeness (QED) is 0.741. The zero-order valence-electron chi connectivity index (χ0n) is 12.8. The lowest BCUT2D eigenvalue weighted by Crippen LogP contribution is -1.98. The zero-order valence-corrected chi connectivity index (χ0v) is 12.8. The number of benzene rings is 2. The summed E-state index contributed by atoms with van der Waals surface area (Å²) in [5.74, 6) is 1.63. The average molecular weight is 295 g/mol. The summed E-state index contributed by atoms with van der Waals surface area (Å²) in [4.78, 5) is 0. The molecule has 0 aliphatic carbocycles. The number of ether oxygens (including phenoxy) is 2. The number of rotatable bonds is 4. The molecule has 0 aliphatic rings. The summed E-state index contributed by atoms with van der Waals surface area (Å²) in [6, 6.07) is 13.6. The van der Waals surface area contributed by atoms with Crippen molar-refractivity contribution in [2.45, 2.75) is 6.92 Å². The van der Waals surface area contributed by atoms with E-state index in [-0.39, 0.29) is 0 Å². The fraction of sp³-hybridized carbons (Fsp3) is 0.176. The summed E-state index contributed by atoms with van der Waals surface area (Å²) < 4.78 is 12.2. The molecule has 0 unspecified atom stereocenters. The van der Waals surface area contributed by atoms with Gasteiger partial charge in [-0.3, -0.25) is 0 Å². The number of hydrogen-bond acceptors (Lipinski definition) is 4. The lowest BCUT2D eigenvalue weighted by molar-refractivity contribution is 0.414. The molecule has 5 nitrogen and oxygen atoms in total. The highest BCUT2D eigenvalue weighted by Crippen LogP contribution is 2.24. The molecule has 0 amide bonds. The predicted molar refractivity (Wildman–Crippen MR) is 84.6 cm³/mol. The molecular formula is C17H17N3O2. The third-order valence-electron chi connectivity index (χ3n) is 3.51. The van der Waals surface area contributed by atoms with E-state index in [1.165, 1.54) is 0 Å². The van der Waals surface area contributed by atoms with Gasteiger partial charge in [-0.15, -0.1) is 5.10 Å². The molecule has 0 saturated carbocycles. The van der Waals surface area contributed by atoms with Gasteiger partial charge >= 0.3 is 0 Å². The van der Waals surface area contributed by atoms with Crippen molar-refractivity contribution >= 4 is 0 Å². The SMILES string of the molecule is COc1cccc(-c2cn(-c3ccc(OC)cc3C)nn2)c1. The Morgan fingerprint density at radius 1 is 0.955 bits per heavy atom. The van der Waals surface area contributed by atoms with Crippen LogP contribution in [0.2, 0.25) is 0 Å². The second kappa shape index (κ2) is 5.89. The molecule has 0 fully saturated rings. The van der Waals surface area contributed by atoms with Crippen LogP contribution in [0.5, 0.6) is 11.5 Å². The summed E-state index contributed by atoms with van der Waals surface area (Å²) >= 11 is 0.